The van der Waals surface area contributed by atoms with Gasteiger partial charge in [-0.15, -0.1) is 5.10 Å². The molecule has 4 heterocycles. The number of rotatable bonds is 5. The molecule has 3 N–H and O–H groups in total. The van der Waals surface area contributed by atoms with E-state index in [4.69, 9.17) is 17.3 Å². The van der Waals surface area contributed by atoms with E-state index >= 15 is 0 Å². The van der Waals surface area contributed by atoms with Gasteiger partial charge in [0.05, 0.1) is 28.8 Å². The molecule has 3 aromatic rings. The Bertz CT molecular complexity index is 1060. The lowest BCUT2D eigenvalue weighted by atomic mass is 9.96. The van der Waals surface area contributed by atoms with Crippen molar-refractivity contribution >= 4 is 40.3 Å². The van der Waals surface area contributed by atoms with Crippen LogP contribution in [0, 0.1) is 5.92 Å². The Kier molecular flexibility index (Phi) is 5.74. The average Bonchev–Trinajstić information content (AvgIpc) is 3.03. The number of amides is 1. The molecule has 10 heteroatoms. The number of nitrogens with two attached hydrogens (primary N) is 1. The summed E-state index contributed by atoms with van der Waals surface area (Å²) in [6.45, 7) is 2.97. The van der Waals surface area contributed by atoms with Gasteiger partial charge in [0.1, 0.15) is 5.56 Å². The van der Waals surface area contributed by atoms with Crippen LogP contribution in [0.1, 0.15) is 23.2 Å². The molecule has 1 aliphatic heterocycles. The van der Waals surface area contributed by atoms with Crippen molar-refractivity contribution in [1.29, 1.82) is 0 Å². The molecule has 1 aliphatic rings. The number of hydrogen-bond acceptors (Lipinski definition) is 7. The molecule has 0 spiro atoms. The maximum atomic E-state index is 13.0. The third-order valence-corrected chi connectivity index (χ3v) is 5.52. The van der Waals surface area contributed by atoms with E-state index in [2.05, 4.69) is 44.3 Å². The SMILES string of the molecule is CN(C)CC1CCN(c2ccncc2NC(=O)c2c(N)nn3cc(Cl)cnc23)CC1. The van der Waals surface area contributed by atoms with Crippen LogP contribution < -0.4 is 16.0 Å². The summed E-state index contributed by atoms with van der Waals surface area (Å²) in [5, 5.41) is 7.49. The smallest absolute Gasteiger partial charge is 0.263 e. The molecule has 1 saturated heterocycles. The molecular weight excluding hydrogens is 404 g/mol. The van der Waals surface area contributed by atoms with E-state index in [1.807, 2.05) is 6.07 Å². The summed E-state index contributed by atoms with van der Waals surface area (Å²) in [6.07, 6.45) is 8.64. The van der Waals surface area contributed by atoms with Gasteiger partial charge in [0.25, 0.3) is 5.91 Å². The molecule has 0 unspecified atom stereocenters. The van der Waals surface area contributed by atoms with Crippen LogP contribution in [-0.2, 0) is 0 Å². The zero-order chi connectivity index (χ0) is 21.3. The lowest BCUT2D eigenvalue weighted by Gasteiger charge is -2.35. The number of carbonyl (C=O) groups excluding carboxylic acids is 1. The van der Waals surface area contributed by atoms with Crippen molar-refractivity contribution in [3.63, 3.8) is 0 Å². The molecule has 3 aromatic heterocycles. The van der Waals surface area contributed by atoms with Crippen molar-refractivity contribution in [2.75, 3.05) is 49.7 Å². The predicted molar refractivity (Wildman–Crippen MR) is 118 cm³/mol. The highest BCUT2D eigenvalue weighted by Gasteiger charge is 2.24. The van der Waals surface area contributed by atoms with Gasteiger partial charge in [-0.25, -0.2) is 9.50 Å². The lowest BCUT2D eigenvalue weighted by molar-refractivity contribution is 0.102. The third-order valence-electron chi connectivity index (χ3n) is 5.32. The van der Waals surface area contributed by atoms with Gasteiger partial charge >= 0.3 is 0 Å². The van der Waals surface area contributed by atoms with Gasteiger partial charge in [-0.3, -0.25) is 9.78 Å². The van der Waals surface area contributed by atoms with Gasteiger partial charge in [-0.1, -0.05) is 11.6 Å². The Labute approximate surface area is 179 Å². The van der Waals surface area contributed by atoms with Gasteiger partial charge in [-0.05, 0) is 38.9 Å². The first-order valence-corrected chi connectivity index (χ1v) is 10.2. The second-order valence-corrected chi connectivity index (χ2v) is 8.28. The van der Waals surface area contributed by atoms with Crippen LogP contribution in [0.2, 0.25) is 5.02 Å². The van der Waals surface area contributed by atoms with Crippen LogP contribution >= 0.6 is 11.6 Å². The number of halogens is 1. The van der Waals surface area contributed by atoms with Gasteiger partial charge in [0, 0.05) is 32.0 Å². The molecule has 158 valence electrons. The molecule has 1 fully saturated rings. The summed E-state index contributed by atoms with van der Waals surface area (Å²) in [7, 11) is 4.22. The van der Waals surface area contributed by atoms with Crippen molar-refractivity contribution in [3.8, 4) is 0 Å². The minimum atomic E-state index is -0.380. The summed E-state index contributed by atoms with van der Waals surface area (Å²) < 4.78 is 1.41. The molecular formula is C20H25ClN8O. The normalized spacial score (nSPS) is 15.1. The second kappa shape index (κ2) is 8.45. The first kappa shape index (κ1) is 20.4. The number of nitrogens with zero attached hydrogens (tertiary/aromatic N) is 6. The van der Waals surface area contributed by atoms with Gasteiger partial charge < -0.3 is 20.9 Å². The number of anilines is 3. The zero-order valence-corrected chi connectivity index (χ0v) is 17.8. The highest BCUT2D eigenvalue weighted by Crippen LogP contribution is 2.30. The van der Waals surface area contributed by atoms with E-state index in [9.17, 15) is 4.79 Å². The Morgan fingerprint density at radius 2 is 2.10 bits per heavy atom. The lowest BCUT2D eigenvalue weighted by Crippen LogP contribution is -2.37. The Morgan fingerprint density at radius 1 is 1.33 bits per heavy atom. The van der Waals surface area contributed by atoms with Crippen molar-refractivity contribution in [3.05, 3.63) is 41.4 Å². The molecule has 30 heavy (non-hydrogen) atoms. The van der Waals surface area contributed by atoms with E-state index in [0.717, 1.165) is 38.2 Å². The van der Waals surface area contributed by atoms with Gasteiger partial charge in [0.15, 0.2) is 11.5 Å². The van der Waals surface area contributed by atoms with Crippen molar-refractivity contribution < 1.29 is 4.79 Å². The number of nitrogen functional groups attached to an aromatic ring is 1. The van der Waals surface area contributed by atoms with Crippen molar-refractivity contribution in [2.45, 2.75) is 12.8 Å². The number of piperidine rings is 1. The first-order chi connectivity index (χ1) is 14.4. The topological polar surface area (TPSA) is 105 Å². The van der Waals surface area contributed by atoms with Crippen LogP contribution in [0.5, 0.6) is 0 Å². The summed E-state index contributed by atoms with van der Waals surface area (Å²) in [4.78, 5) is 26.0. The fourth-order valence-corrected chi connectivity index (χ4v) is 4.11. The Balaban J connectivity index is 1.54. The highest BCUT2D eigenvalue weighted by atomic mass is 35.5. The number of nitrogens with one attached hydrogen (secondary N) is 1. The number of pyridine rings is 1. The van der Waals surface area contributed by atoms with Crippen LogP contribution in [0.3, 0.4) is 0 Å². The Morgan fingerprint density at radius 3 is 2.83 bits per heavy atom. The van der Waals surface area contributed by atoms with Gasteiger partial charge in [-0.2, -0.15) is 0 Å². The fourth-order valence-electron chi connectivity index (χ4n) is 3.96. The molecule has 0 atom stereocenters. The van der Waals surface area contributed by atoms with Crippen LogP contribution in [0.25, 0.3) is 5.65 Å². The maximum Gasteiger partial charge on any atom is 0.263 e. The predicted octanol–water partition coefficient (Wildman–Crippen LogP) is 2.39. The quantitative estimate of drug-likeness (QED) is 0.642. The van der Waals surface area contributed by atoms with E-state index in [1.165, 1.54) is 10.7 Å². The maximum absolute atomic E-state index is 13.0. The molecule has 0 aromatic carbocycles. The number of fused-ring (bicyclic) bond motifs is 1. The van der Waals surface area contributed by atoms with Crippen molar-refractivity contribution in [1.82, 2.24) is 24.5 Å². The summed E-state index contributed by atoms with van der Waals surface area (Å²) >= 11 is 5.95. The summed E-state index contributed by atoms with van der Waals surface area (Å²) in [5.74, 6) is 0.402. The molecule has 0 aliphatic carbocycles. The monoisotopic (exact) mass is 428 g/mol. The second-order valence-electron chi connectivity index (χ2n) is 7.84. The van der Waals surface area contributed by atoms with Crippen LogP contribution in [0.15, 0.2) is 30.9 Å². The van der Waals surface area contributed by atoms with Crippen LogP contribution in [0.4, 0.5) is 17.2 Å². The standard InChI is InChI=1S/C20H25ClN8O/c1-27(2)11-13-4-7-28(8-5-13)16-3-6-23-10-15(16)25-20(30)17-18(22)26-29-12-14(21)9-24-19(17)29/h3,6,9-10,12-13H,4-5,7-8,11H2,1-2H3,(H2,22,26)(H,25,30). The fraction of sp³-hybridized carbons (Fsp3) is 0.400. The molecule has 9 nitrogen and oxygen atoms in total. The molecule has 0 bridgehead atoms. The van der Waals surface area contributed by atoms with Gasteiger partial charge in [0.2, 0.25) is 0 Å². The number of aromatic nitrogens is 4. The third kappa shape index (κ3) is 4.17. The van der Waals surface area contributed by atoms with Crippen molar-refractivity contribution in [2.24, 2.45) is 5.92 Å². The number of hydrogen-bond donors (Lipinski definition) is 2. The van der Waals surface area contributed by atoms with E-state index < -0.39 is 0 Å². The van der Waals surface area contributed by atoms with Crippen LogP contribution in [-0.4, -0.2) is 64.1 Å². The summed E-state index contributed by atoms with van der Waals surface area (Å²) in [5.41, 5.74) is 8.14. The minimum Gasteiger partial charge on any atom is -0.381 e. The van der Waals surface area contributed by atoms with E-state index in [0.29, 0.717) is 22.3 Å². The molecule has 0 radical (unpaired) electrons. The molecule has 4 rings (SSSR count). The van der Waals surface area contributed by atoms with E-state index in [-0.39, 0.29) is 17.3 Å². The largest absolute Gasteiger partial charge is 0.381 e. The first-order valence-electron chi connectivity index (χ1n) is 9.86. The number of carbonyl (C=O) groups is 1. The minimum absolute atomic E-state index is 0.0946. The average molecular weight is 429 g/mol. The molecule has 1 amide bonds. The summed E-state index contributed by atoms with van der Waals surface area (Å²) in [6, 6.07) is 1.93. The zero-order valence-electron chi connectivity index (χ0n) is 17.0. The van der Waals surface area contributed by atoms with E-state index in [1.54, 1.807) is 18.6 Å². The highest BCUT2D eigenvalue weighted by molar-refractivity contribution is 6.30. The Hall–Kier alpha value is -2.91. The molecule has 0 saturated carbocycles.